The number of nitrogens with zero attached hydrogens (tertiary/aromatic N) is 1. The summed E-state index contributed by atoms with van der Waals surface area (Å²) in [6.45, 7) is 0. The maximum Gasteiger partial charge on any atom is 0.433 e. The van der Waals surface area contributed by atoms with Crippen molar-refractivity contribution in [2.75, 3.05) is 0 Å². The molecule has 1 aliphatic carbocycles. The Hall–Kier alpha value is -1.68. The minimum atomic E-state index is -4.78. The summed E-state index contributed by atoms with van der Waals surface area (Å²) in [6.07, 6.45) is 1.40. The zero-order valence-electron chi connectivity index (χ0n) is 13.4. The van der Waals surface area contributed by atoms with Crippen LogP contribution in [0.2, 0.25) is 0 Å². The molecule has 0 aromatic carbocycles. The minimum absolute atomic E-state index is 0.259. The number of nitrogens with one attached hydrogen (secondary N) is 1. The molecule has 1 aromatic heterocycles. The number of amides is 1. The SMILES string of the molecule is NC(CC1CCCCC1)C(=O)NS(=O)(=O)c1ccnc(C(F)(F)F)c1. The lowest BCUT2D eigenvalue weighted by molar-refractivity contribution is -0.141. The van der Waals surface area contributed by atoms with Gasteiger partial charge in [0, 0.05) is 6.20 Å². The molecule has 1 unspecified atom stereocenters. The van der Waals surface area contributed by atoms with Gasteiger partial charge in [-0.15, -0.1) is 0 Å². The van der Waals surface area contributed by atoms with E-state index in [1.165, 1.54) is 0 Å². The summed E-state index contributed by atoms with van der Waals surface area (Å²) in [4.78, 5) is 14.4. The van der Waals surface area contributed by atoms with Gasteiger partial charge in [-0.2, -0.15) is 13.2 Å². The van der Waals surface area contributed by atoms with Crippen molar-refractivity contribution >= 4 is 15.9 Å². The number of carbonyl (C=O) groups is 1. The van der Waals surface area contributed by atoms with Crippen molar-refractivity contribution in [3.63, 3.8) is 0 Å². The molecule has 1 fully saturated rings. The smallest absolute Gasteiger partial charge is 0.320 e. The molecule has 10 heteroatoms. The summed E-state index contributed by atoms with van der Waals surface area (Å²) in [6, 6.07) is 0.238. The van der Waals surface area contributed by atoms with Crippen LogP contribution in [-0.4, -0.2) is 25.4 Å². The first-order valence-corrected chi connectivity index (χ1v) is 9.43. The molecule has 1 amide bonds. The van der Waals surface area contributed by atoms with Gasteiger partial charge >= 0.3 is 6.18 Å². The van der Waals surface area contributed by atoms with Crippen LogP contribution < -0.4 is 10.5 Å². The molecule has 1 saturated carbocycles. The number of hydrogen-bond donors (Lipinski definition) is 2. The molecular formula is C15H20F3N3O3S. The molecule has 1 aromatic rings. The second kappa shape index (κ2) is 7.69. The largest absolute Gasteiger partial charge is 0.433 e. The molecule has 1 aliphatic rings. The van der Waals surface area contributed by atoms with Crippen molar-refractivity contribution < 1.29 is 26.4 Å². The Kier molecular flexibility index (Phi) is 6.04. The predicted octanol–water partition coefficient (Wildman–Crippen LogP) is 2.20. The fourth-order valence-corrected chi connectivity index (χ4v) is 3.93. The second-order valence-corrected chi connectivity index (χ2v) is 7.87. The summed E-state index contributed by atoms with van der Waals surface area (Å²) in [5.74, 6) is -0.661. The number of pyridine rings is 1. The van der Waals surface area contributed by atoms with Gasteiger partial charge < -0.3 is 5.73 Å². The Bertz CT molecular complexity index is 716. The molecule has 25 heavy (non-hydrogen) atoms. The van der Waals surface area contributed by atoms with Crippen LogP contribution in [0.1, 0.15) is 44.2 Å². The van der Waals surface area contributed by atoms with Crippen molar-refractivity contribution in [2.45, 2.75) is 55.6 Å². The average Bonchev–Trinajstić information content (AvgIpc) is 2.54. The van der Waals surface area contributed by atoms with E-state index in [1.807, 2.05) is 0 Å². The van der Waals surface area contributed by atoms with Crippen LogP contribution in [-0.2, 0) is 21.0 Å². The highest BCUT2D eigenvalue weighted by molar-refractivity contribution is 7.90. The summed E-state index contributed by atoms with van der Waals surface area (Å²) in [5.41, 5.74) is 4.41. The molecule has 6 nitrogen and oxygen atoms in total. The van der Waals surface area contributed by atoms with E-state index >= 15 is 0 Å². The highest BCUT2D eigenvalue weighted by atomic mass is 32.2. The van der Waals surface area contributed by atoms with Crippen molar-refractivity contribution in [1.29, 1.82) is 0 Å². The first kappa shape index (κ1) is 19.6. The average molecular weight is 379 g/mol. The van der Waals surface area contributed by atoms with E-state index in [1.54, 1.807) is 4.72 Å². The van der Waals surface area contributed by atoms with E-state index in [-0.39, 0.29) is 5.92 Å². The first-order valence-electron chi connectivity index (χ1n) is 7.95. The zero-order chi connectivity index (χ0) is 18.7. The third-order valence-electron chi connectivity index (χ3n) is 4.22. The Balaban J connectivity index is 2.05. The fourth-order valence-electron chi connectivity index (χ4n) is 2.89. The zero-order valence-corrected chi connectivity index (χ0v) is 14.2. The second-order valence-electron chi connectivity index (χ2n) is 6.19. The highest BCUT2D eigenvalue weighted by Crippen LogP contribution is 2.29. The van der Waals surface area contributed by atoms with Crippen LogP contribution in [0.5, 0.6) is 0 Å². The summed E-state index contributed by atoms with van der Waals surface area (Å²) in [7, 11) is -4.45. The van der Waals surface area contributed by atoms with Crippen molar-refractivity contribution in [2.24, 2.45) is 11.7 Å². The Morgan fingerprint density at radius 2 is 1.96 bits per heavy atom. The molecule has 0 aliphatic heterocycles. The number of nitrogens with two attached hydrogens (primary N) is 1. The monoisotopic (exact) mass is 379 g/mol. The van der Waals surface area contributed by atoms with Gasteiger partial charge in [0.1, 0.15) is 5.69 Å². The van der Waals surface area contributed by atoms with Crippen LogP contribution in [0.3, 0.4) is 0 Å². The van der Waals surface area contributed by atoms with Crippen LogP contribution in [0.25, 0.3) is 0 Å². The van der Waals surface area contributed by atoms with Gasteiger partial charge in [0.25, 0.3) is 15.9 Å². The van der Waals surface area contributed by atoms with E-state index in [4.69, 9.17) is 5.73 Å². The van der Waals surface area contributed by atoms with E-state index in [0.29, 0.717) is 12.5 Å². The predicted molar refractivity (Wildman–Crippen MR) is 83.7 cm³/mol. The number of alkyl halides is 3. The number of carbonyl (C=O) groups excluding carboxylic acids is 1. The maximum absolute atomic E-state index is 12.6. The van der Waals surface area contributed by atoms with E-state index in [0.717, 1.165) is 44.4 Å². The van der Waals surface area contributed by atoms with Crippen LogP contribution in [0.15, 0.2) is 23.2 Å². The number of hydrogen-bond acceptors (Lipinski definition) is 5. The molecule has 1 atom stereocenters. The molecule has 0 radical (unpaired) electrons. The van der Waals surface area contributed by atoms with E-state index in [2.05, 4.69) is 4.98 Å². The molecule has 0 bridgehead atoms. The van der Waals surface area contributed by atoms with Crippen molar-refractivity contribution in [3.8, 4) is 0 Å². The molecule has 1 heterocycles. The Labute approximate surface area is 144 Å². The molecule has 140 valence electrons. The van der Waals surface area contributed by atoms with E-state index < -0.39 is 38.7 Å². The quantitative estimate of drug-likeness (QED) is 0.817. The third kappa shape index (κ3) is 5.40. The van der Waals surface area contributed by atoms with Crippen LogP contribution >= 0.6 is 0 Å². The normalized spacial score (nSPS) is 17.9. The lowest BCUT2D eigenvalue weighted by Crippen LogP contribution is -2.44. The first-order chi connectivity index (χ1) is 11.6. The number of rotatable bonds is 5. The summed E-state index contributed by atoms with van der Waals surface area (Å²) < 4.78 is 64.0. The van der Waals surface area contributed by atoms with Crippen LogP contribution in [0, 0.1) is 5.92 Å². The van der Waals surface area contributed by atoms with Gasteiger partial charge in [-0.05, 0) is 24.5 Å². The van der Waals surface area contributed by atoms with Gasteiger partial charge in [0.05, 0.1) is 10.9 Å². The fraction of sp³-hybridized carbons (Fsp3) is 0.600. The molecule has 2 rings (SSSR count). The lowest BCUT2D eigenvalue weighted by atomic mass is 9.85. The Morgan fingerprint density at radius 1 is 1.32 bits per heavy atom. The topological polar surface area (TPSA) is 102 Å². The number of halogens is 3. The van der Waals surface area contributed by atoms with Gasteiger partial charge in [-0.1, -0.05) is 32.1 Å². The van der Waals surface area contributed by atoms with Gasteiger partial charge in [-0.25, -0.2) is 13.1 Å². The van der Waals surface area contributed by atoms with Gasteiger partial charge in [0.15, 0.2) is 0 Å². The Morgan fingerprint density at radius 3 is 2.56 bits per heavy atom. The molecule has 0 spiro atoms. The van der Waals surface area contributed by atoms with Crippen molar-refractivity contribution in [1.82, 2.24) is 9.71 Å². The number of aromatic nitrogens is 1. The minimum Gasteiger partial charge on any atom is -0.320 e. The molecule has 0 saturated heterocycles. The number of sulfonamides is 1. The standard InChI is InChI=1S/C15H20F3N3O3S/c16-15(17,18)13-9-11(6-7-20-13)25(23,24)21-14(22)12(19)8-10-4-2-1-3-5-10/h6-7,9-10,12H,1-5,8,19H2,(H,21,22). The lowest BCUT2D eigenvalue weighted by Gasteiger charge is -2.24. The van der Waals surface area contributed by atoms with Gasteiger partial charge in [0.2, 0.25) is 0 Å². The highest BCUT2D eigenvalue weighted by Gasteiger charge is 2.34. The van der Waals surface area contributed by atoms with E-state index in [9.17, 15) is 26.4 Å². The van der Waals surface area contributed by atoms with Crippen LogP contribution in [0.4, 0.5) is 13.2 Å². The van der Waals surface area contributed by atoms with Gasteiger partial charge in [-0.3, -0.25) is 9.78 Å². The summed E-state index contributed by atoms with van der Waals surface area (Å²) in [5, 5.41) is 0. The third-order valence-corrected chi connectivity index (χ3v) is 5.56. The van der Waals surface area contributed by atoms with Crippen molar-refractivity contribution in [3.05, 3.63) is 24.0 Å². The summed E-state index contributed by atoms with van der Waals surface area (Å²) >= 11 is 0. The molecule has 3 N–H and O–H groups in total. The molecular weight excluding hydrogens is 359 g/mol. The maximum atomic E-state index is 12.6.